The fourth-order valence-corrected chi connectivity index (χ4v) is 3.06. The maximum atomic E-state index is 6.05. The number of benzene rings is 2. The molecule has 0 fully saturated rings. The van der Waals surface area contributed by atoms with Crippen molar-refractivity contribution in [1.29, 1.82) is 0 Å². The smallest absolute Gasteiger partial charge is 0.0725 e. The molecule has 1 aliphatic rings. The molecule has 1 atom stereocenters. The van der Waals surface area contributed by atoms with Crippen LogP contribution >= 0.6 is 11.6 Å². The van der Waals surface area contributed by atoms with Crippen LogP contribution in [0.1, 0.15) is 33.9 Å². The van der Waals surface area contributed by atoms with Crippen molar-refractivity contribution in [2.24, 2.45) is 0 Å². The van der Waals surface area contributed by atoms with Gasteiger partial charge in [0.15, 0.2) is 0 Å². The lowest BCUT2D eigenvalue weighted by atomic mass is 9.93. The molecule has 0 saturated heterocycles. The Morgan fingerprint density at radius 3 is 2.65 bits per heavy atom. The van der Waals surface area contributed by atoms with Gasteiger partial charge in [0, 0.05) is 5.02 Å². The van der Waals surface area contributed by atoms with Gasteiger partial charge in [0.1, 0.15) is 0 Å². The minimum Gasteiger partial charge on any atom is -0.372 e. The van der Waals surface area contributed by atoms with Crippen molar-refractivity contribution < 1.29 is 4.74 Å². The number of rotatable bonds is 3. The molecular weight excluding hydrogens is 270 g/mol. The number of fused-ring (bicyclic) bond motifs is 1. The van der Waals surface area contributed by atoms with Gasteiger partial charge in [0.25, 0.3) is 0 Å². The lowest BCUT2D eigenvalue weighted by Gasteiger charge is -2.20. The summed E-state index contributed by atoms with van der Waals surface area (Å²) in [4.78, 5) is 0. The summed E-state index contributed by atoms with van der Waals surface area (Å²) < 4.78 is 5.49. The van der Waals surface area contributed by atoms with Crippen molar-refractivity contribution in [3.05, 3.63) is 69.2 Å². The van der Waals surface area contributed by atoms with Crippen molar-refractivity contribution in [1.82, 2.24) is 5.32 Å². The third-order valence-corrected chi connectivity index (χ3v) is 4.15. The molecule has 2 aromatic rings. The highest BCUT2D eigenvalue weighted by atomic mass is 35.5. The minimum absolute atomic E-state index is 0.179. The summed E-state index contributed by atoms with van der Waals surface area (Å²) in [6.45, 7) is 3.56. The number of hydrogen-bond donors (Lipinski definition) is 1. The van der Waals surface area contributed by atoms with Crippen molar-refractivity contribution in [3.8, 4) is 0 Å². The molecule has 1 aliphatic heterocycles. The Labute approximate surface area is 124 Å². The number of halogens is 1. The number of nitrogens with one attached hydrogen (secondary N) is 1. The first-order valence-electron chi connectivity index (χ1n) is 6.82. The van der Waals surface area contributed by atoms with E-state index in [-0.39, 0.29) is 6.04 Å². The van der Waals surface area contributed by atoms with Gasteiger partial charge in [-0.05, 0) is 53.9 Å². The first-order chi connectivity index (χ1) is 9.69. The molecule has 0 saturated carbocycles. The molecule has 3 rings (SSSR count). The molecule has 0 aromatic heterocycles. The average Bonchev–Trinajstić information content (AvgIpc) is 2.89. The standard InChI is InChI=1S/C17H18ClNO/c1-11-7-15(18)5-6-16(11)17(19-2)12-3-4-13-9-20-10-14(13)8-12/h3-8,17,19H,9-10H2,1-2H3. The fourth-order valence-electron chi connectivity index (χ4n) is 2.84. The molecule has 0 radical (unpaired) electrons. The van der Waals surface area contributed by atoms with Crippen LogP contribution < -0.4 is 5.32 Å². The molecule has 3 heteroatoms. The van der Waals surface area contributed by atoms with Crippen LogP contribution in [0, 0.1) is 6.92 Å². The number of aryl methyl sites for hydroxylation is 1. The Hall–Kier alpha value is -1.35. The second kappa shape index (κ2) is 5.57. The topological polar surface area (TPSA) is 21.3 Å². The maximum Gasteiger partial charge on any atom is 0.0725 e. The zero-order valence-electron chi connectivity index (χ0n) is 11.7. The van der Waals surface area contributed by atoms with E-state index >= 15 is 0 Å². The Balaban J connectivity index is 2.01. The van der Waals surface area contributed by atoms with Crippen molar-refractivity contribution in [2.45, 2.75) is 26.2 Å². The van der Waals surface area contributed by atoms with E-state index in [0.717, 1.165) is 18.2 Å². The highest BCUT2D eigenvalue weighted by Crippen LogP contribution is 2.29. The van der Waals surface area contributed by atoms with Crippen molar-refractivity contribution in [2.75, 3.05) is 7.05 Å². The third kappa shape index (κ3) is 2.47. The Bertz CT molecular complexity index is 639. The second-order valence-electron chi connectivity index (χ2n) is 5.24. The zero-order chi connectivity index (χ0) is 14.1. The maximum absolute atomic E-state index is 6.05. The zero-order valence-corrected chi connectivity index (χ0v) is 12.5. The van der Waals surface area contributed by atoms with Gasteiger partial charge in [-0.15, -0.1) is 0 Å². The predicted molar refractivity (Wildman–Crippen MR) is 82.0 cm³/mol. The van der Waals surface area contributed by atoms with E-state index in [2.05, 4.69) is 36.5 Å². The summed E-state index contributed by atoms with van der Waals surface area (Å²) >= 11 is 6.05. The Morgan fingerprint density at radius 2 is 1.90 bits per heavy atom. The van der Waals surface area contributed by atoms with Gasteiger partial charge in [-0.3, -0.25) is 0 Å². The van der Waals surface area contributed by atoms with E-state index in [1.165, 1.54) is 27.8 Å². The molecule has 0 amide bonds. The minimum atomic E-state index is 0.179. The van der Waals surface area contributed by atoms with Crippen LogP contribution in [-0.2, 0) is 18.0 Å². The molecule has 0 spiro atoms. The van der Waals surface area contributed by atoms with Crippen LogP contribution in [0.15, 0.2) is 36.4 Å². The van der Waals surface area contributed by atoms with Crippen LogP contribution in [-0.4, -0.2) is 7.05 Å². The van der Waals surface area contributed by atoms with E-state index in [0.29, 0.717) is 0 Å². The molecule has 0 bridgehead atoms. The Kier molecular flexibility index (Phi) is 3.79. The molecule has 1 N–H and O–H groups in total. The lowest BCUT2D eigenvalue weighted by molar-refractivity contribution is 0.134. The van der Waals surface area contributed by atoms with E-state index in [9.17, 15) is 0 Å². The van der Waals surface area contributed by atoms with Gasteiger partial charge >= 0.3 is 0 Å². The first-order valence-corrected chi connectivity index (χ1v) is 7.19. The normalized spacial score (nSPS) is 15.2. The largest absolute Gasteiger partial charge is 0.372 e. The van der Waals surface area contributed by atoms with Crippen LogP contribution in [0.25, 0.3) is 0 Å². The number of ether oxygens (including phenoxy) is 1. The van der Waals surface area contributed by atoms with Gasteiger partial charge in [-0.1, -0.05) is 35.9 Å². The fraction of sp³-hybridized carbons (Fsp3) is 0.294. The van der Waals surface area contributed by atoms with Gasteiger partial charge in [0.05, 0.1) is 19.3 Å². The summed E-state index contributed by atoms with van der Waals surface area (Å²) in [5.41, 5.74) is 6.33. The molecule has 1 heterocycles. The summed E-state index contributed by atoms with van der Waals surface area (Å²) in [5, 5.41) is 4.18. The molecule has 2 nitrogen and oxygen atoms in total. The molecule has 2 aromatic carbocycles. The molecule has 1 unspecified atom stereocenters. The highest BCUT2D eigenvalue weighted by Gasteiger charge is 2.18. The SMILES string of the molecule is CNC(c1ccc2c(c1)COC2)c1ccc(Cl)cc1C. The summed E-state index contributed by atoms with van der Waals surface area (Å²) in [6, 6.07) is 12.8. The highest BCUT2D eigenvalue weighted by molar-refractivity contribution is 6.30. The van der Waals surface area contributed by atoms with Crippen LogP contribution in [0.5, 0.6) is 0 Å². The van der Waals surface area contributed by atoms with Crippen LogP contribution in [0.3, 0.4) is 0 Å². The monoisotopic (exact) mass is 287 g/mol. The van der Waals surface area contributed by atoms with E-state index in [4.69, 9.17) is 16.3 Å². The van der Waals surface area contributed by atoms with Gasteiger partial charge in [0.2, 0.25) is 0 Å². The lowest BCUT2D eigenvalue weighted by Crippen LogP contribution is -2.18. The van der Waals surface area contributed by atoms with Gasteiger partial charge in [-0.25, -0.2) is 0 Å². The average molecular weight is 288 g/mol. The Morgan fingerprint density at radius 1 is 1.10 bits per heavy atom. The molecule has 20 heavy (non-hydrogen) atoms. The summed E-state index contributed by atoms with van der Waals surface area (Å²) in [6.07, 6.45) is 0. The second-order valence-corrected chi connectivity index (χ2v) is 5.68. The molecular formula is C17H18ClNO. The molecule has 104 valence electrons. The predicted octanol–water partition coefficient (Wildman–Crippen LogP) is 3.99. The van der Waals surface area contributed by atoms with Crippen molar-refractivity contribution >= 4 is 11.6 Å². The summed E-state index contributed by atoms with van der Waals surface area (Å²) in [7, 11) is 1.99. The third-order valence-electron chi connectivity index (χ3n) is 3.91. The molecule has 0 aliphatic carbocycles. The van der Waals surface area contributed by atoms with E-state index < -0.39 is 0 Å². The van der Waals surface area contributed by atoms with Crippen LogP contribution in [0.4, 0.5) is 0 Å². The first kappa shape index (κ1) is 13.6. The quantitative estimate of drug-likeness (QED) is 0.922. The van der Waals surface area contributed by atoms with Gasteiger partial charge < -0.3 is 10.1 Å². The van der Waals surface area contributed by atoms with Gasteiger partial charge in [-0.2, -0.15) is 0 Å². The van der Waals surface area contributed by atoms with Crippen molar-refractivity contribution in [3.63, 3.8) is 0 Å². The van der Waals surface area contributed by atoms with E-state index in [1.807, 2.05) is 19.2 Å². The van der Waals surface area contributed by atoms with E-state index in [1.54, 1.807) is 0 Å². The number of hydrogen-bond acceptors (Lipinski definition) is 2. The summed E-state index contributed by atoms with van der Waals surface area (Å²) in [5.74, 6) is 0. The van der Waals surface area contributed by atoms with Crippen LogP contribution in [0.2, 0.25) is 5.02 Å².